The van der Waals surface area contributed by atoms with Gasteiger partial charge < -0.3 is 14.5 Å². The molecule has 0 aliphatic rings. The normalized spacial score (nSPS) is 10.5. The van der Waals surface area contributed by atoms with Gasteiger partial charge in [-0.1, -0.05) is 24.3 Å². The van der Waals surface area contributed by atoms with E-state index in [1.165, 1.54) is 6.07 Å². The fourth-order valence-corrected chi connectivity index (χ4v) is 2.50. The van der Waals surface area contributed by atoms with E-state index in [0.717, 1.165) is 16.5 Å². The quantitative estimate of drug-likeness (QED) is 0.576. The molecule has 0 saturated heterocycles. The van der Waals surface area contributed by atoms with Crippen molar-refractivity contribution >= 4 is 22.8 Å². The topological polar surface area (TPSA) is 68.4 Å². The van der Waals surface area contributed by atoms with Crippen LogP contribution >= 0.6 is 0 Å². The molecule has 3 rings (SSSR count). The second kappa shape index (κ2) is 7.00. The van der Waals surface area contributed by atoms with Gasteiger partial charge in [-0.05, 0) is 36.8 Å². The van der Waals surface area contributed by atoms with Gasteiger partial charge in [-0.15, -0.1) is 0 Å². The summed E-state index contributed by atoms with van der Waals surface area (Å²) in [5.74, 6) is -0.502. The number of nitrogens with one attached hydrogen (secondary N) is 1. The molecule has 0 amide bonds. The Kier molecular flexibility index (Phi) is 4.61. The highest BCUT2D eigenvalue weighted by atomic mass is 16.5. The van der Waals surface area contributed by atoms with Crippen LogP contribution in [-0.4, -0.2) is 23.5 Å². The predicted octanol–water partition coefficient (Wildman–Crippen LogP) is 3.49. The average molecular weight is 323 g/mol. The monoisotopic (exact) mass is 323 g/mol. The molecule has 122 valence electrons. The Morgan fingerprint density at radius 1 is 1.08 bits per heavy atom. The number of carbonyl (C=O) groups excluding carboxylic acids is 2. The number of aromatic amines is 1. The number of hydrogen-bond acceptors (Lipinski definition) is 4. The Balaban J connectivity index is 1.71. The molecule has 24 heavy (non-hydrogen) atoms. The minimum absolute atomic E-state index is 0.146. The summed E-state index contributed by atoms with van der Waals surface area (Å²) in [6.07, 6.45) is 1.95. The summed E-state index contributed by atoms with van der Waals surface area (Å²) in [4.78, 5) is 27.0. The molecule has 0 atom stereocenters. The van der Waals surface area contributed by atoms with E-state index in [-0.39, 0.29) is 12.4 Å². The van der Waals surface area contributed by atoms with Crippen molar-refractivity contribution in [3.05, 3.63) is 65.9 Å². The van der Waals surface area contributed by atoms with Gasteiger partial charge in [0, 0.05) is 17.1 Å². The third-order valence-corrected chi connectivity index (χ3v) is 3.59. The van der Waals surface area contributed by atoms with Crippen LogP contribution < -0.4 is 4.74 Å². The number of aromatic nitrogens is 1. The Hall–Kier alpha value is -3.08. The highest BCUT2D eigenvalue weighted by Gasteiger charge is 2.12. The molecule has 3 aromatic rings. The van der Waals surface area contributed by atoms with Crippen LogP contribution in [0.3, 0.4) is 0 Å². The molecule has 0 radical (unpaired) electrons. The lowest BCUT2D eigenvalue weighted by Crippen LogP contribution is -2.12. The van der Waals surface area contributed by atoms with Crippen LogP contribution in [0.4, 0.5) is 0 Å². The minimum Gasteiger partial charge on any atom is -0.462 e. The van der Waals surface area contributed by atoms with Crippen LogP contribution in [0.2, 0.25) is 0 Å². The van der Waals surface area contributed by atoms with Gasteiger partial charge in [-0.2, -0.15) is 0 Å². The van der Waals surface area contributed by atoms with Crippen LogP contribution in [0.5, 0.6) is 5.75 Å². The Labute approximate surface area is 139 Å². The summed E-state index contributed by atoms with van der Waals surface area (Å²) in [7, 11) is 0. The Morgan fingerprint density at radius 3 is 2.75 bits per heavy atom. The van der Waals surface area contributed by atoms with Crippen LogP contribution in [0.25, 0.3) is 10.9 Å². The molecular formula is C19H17NO4. The van der Waals surface area contributed by atoms with Crippen molar-refractivity contribution in [2.45, 2.75) is 13.3 Å². The van der Waals surface area contributed by atoms with Gasteiger partial charge in [-0.25, -0.2) is 4.79 Å². The van der Waals surface area contributed by atoms with Gasteiger partial charge in [0.05, 0.1) is 18.6 Å². The van der Waals surface area contributed by atoms with E-state index in [9.17, 15) is 9.59 Å². The minimum atomic E-state index is -0.438. The van der Waals surface area contributed by atoms with Crippen LogP contribution in [0.1, 0.15) is 22.8 Å². The van der Waals surface area contributed by atoms with Crippen molar-refractivity contribution in [1.82, 2.24) is 4.98 Å². The van der Waals surface area contributed by atoms with Crippen molar-refractivity contribution in [3.63, 3.8) is 0 Å². The maximum Gasteiger partial charge on any atom is 0.338 e. The number of carbonyl (C=O) groups is 2. The fraction of sp³-hybridized carbons (Fsp3) is 0.158. The van der Waals surface area contributed by atoms with Crippen molar-refractivity contribution in [2.75, 3.05) is 6.61 Å². The van der Waals surface area contributed by atoms with Crippen LogP contribution in [-0.2, 0) is 16.0 Å². The lowest BCUT2D eigenvalue weighted by molar-refractivity contribution is -0.133. The SMILES string of the molecule is CCOC(=O)c1cccc(OC(=O)Cc2c[nH]c3ccccc23)c1. The number of benzene rings is 2. The summed E-state index contributed by atoms with van der Waals surface area (Å²) in [5.41, 5.74) is 2.20. The summed E-state index contributed by atoms with van der Waals surface area (Å²) < 4.78 is 10.3. The van der Waals surface area contributed by atoms with E-state index < -0.39 is 5.97 Å². The van der Waals surface area contributed by atoms with Crippen LogP contribution in [0, 0.1) is 0 Å². The summed E-state index contributed by atoms with van der Waals surface area (Å²) in [5, 5.41) is 0.995. The number of H-pyrrole nitrogens is 1. The van der Waals surface area contributed by atoms with E-state index in [4.69, 9.17) is 9.47 Å². The number of rotatable bonds is 5. The van der Waals surface area contributed by atoms with E-state index in [0.29, 0.717) is 17.9 Å². The standard InChI is InChI=1S/C19H17NO4/c1-2-23-19(22)13-6-5-7-15(10-13)24-18(21)11-14-12-20-17-9-4-3-8-16(14)17/h3-10,12,20H,2,11H2,1H3. The first kappa shape index (κ1) is 15.8. The first-order valence-electron chi connectivity index (χ1n) is 7.70. The number of fused-ring (bicyclic) bond motifs is 1. The molecule has 5 nitrogen and oxygen atoms in total. The Bertz CT molecular complexity index is 882. The zero-order valence-corrected chi connectivity index (χ0v) is 13.2. The molecule has 2 aromatic carbocycles. The highest BCUT2D eigenvalue weighted by Crippen LogP contribution is 2.20. The third-order valence-electron chi connectivity index (χ3n) is 3.59. The molecule has 0 bridgehead atoms. The lowest BCUT2D eigenvalue weighted by atomic mass is 10.1. The average Bonchev–Trinajstić information content (AvgIpc) is 2.98. The van der Waals surface area contributed by atoms with Crippen molar-refractivity contribution in [1.29, 1.82) is 0 Å². The Morgan fingerprint density at radius 2 is 1.92 bits per heavy atom. The van der Waals surface area contributed by atoms with Crippen molar-refractivity contribution in [3.8, 4) is 5.75 Å². The lowest BCUT2D eigenvalue weighted by Gasteiger charge is -2.06. The molecule has 1 aromatic heterocycles. The number of hydrogen-bond donors (Lipinski definition) is 1. The first-order chi connectivity index (χ1) is 11.7. The van der Waals surface area contributed by atoms with Gasteiger partial charge in [-0.3, -0.25) is 4.79 Å². The van der Waals surface area contributed by atoms with Crippen LogP contribution in [0.15, 0.2) is 54.7 Å². The maximum atomic E-state index is 12.2. The predicted molar refractivity (Wildman–Crippen MR) is 90.0 cm³/mol. The fourth-order valence-electron chi connectivity index (χ4n) is 2.50. The zero-order chi connectivity index (χ0) is 16.9. The van der Waals surface area contributed by atoms with Crippen molar-refractivity contribution in [2.24, 2.45) is 0 Å². The summed E-state index contributed by atoms with van der Waals surface area (Å²) >= 11 is 0. The molecule has 0 aliphatic carbocycles. The molecule has 0 saturated carbocycles. The molecule has 0 fully saturated rings. The largest absolute Gasteiger partial charge is 0.462 e. The van der Waals surface area contributed by atoms with E-state index in [1.54, 1.807) is 31.3 Å². The smallest absolute Gasteiger partial charge is 0.338 e. The van der Waals surface area contributed by atoms with Gasteiger partial charge in [0.25, 0.3) is 0 Å². The molecule has 0 unspecified atom stereocenters. The molecule has 0 spiro atoms. The van der Waals surface area contributed by atoms with E-state index in [2.05, 4.69) is 4.98 Å². The molecular weight excluding hydrogens is 306 g/mol. The summed E-state index contributed by atoms with van der Waals surface area (Å²) in [6.45, 7) is 2.03. The first-order valence-corrected chi connectivity index (χ1v) is 7.70. The zero-order valence-electron chi connectivity index (χ0n) is 13.2. The van der Waals surface area contributed by atoms with Gasteiger partial charge in [0.1, 0.15) is 5.75 Å². The number of para-hydroxylation sites is 1. The van der Waals surface area contributed by atoms with Gasteiger partial charge in [0.2, 0.25) is 0 Å². The van der Waals surface area contributed by atoms with Crippen molar-refractivity contribution < 1.29 is 19.1 Å². The molecule has 1 heterocycles. The second-order valence-corrected chi connectivity index (χ2v) is 5.26. The number of ether oxygens (including phenoxy) is 2. The number of esters is 2. The molecule has 1 N–H and O–H groups in total. The van der Waals surface area contributed by atoms with Gasteiger partial charge >= 0.3 is 11.9 Å². The highest BCUT2D eigenvalue weighted by molar-refractivity contribution is 5.90. The third kappa shape index (κ3) is 3.46. The maximum absolute atomic E-state index is 12.2. The van der Waals surface area contributed by atoms with E-state index in [1.807, 2.05) is 24.3 Å². The summed E-state index contributed by atoms with van der Waals surface area (Å²) in [6, 6.07) is 14.2. The second-order valence-electron chi connectivity index (χ2n) is 5.26. The molecule has 0 aliphatic heterocycles. The molecule has 5 heteroatoms. The van der Waals surface area contributed by atoms with E-state index >= 15 is 0 Å². The van der Waals surface area contributed by atoms with Gasteiger partial charge in [0.15, 0.2) is 0 Å².